The SMILES string of the molecule is CC(C)(C)OC(=O)N1Cc2cc(Nc3cc([C@H]4CC[C@@H](OC(=O)N5CCCC5)C4)nn3C(C)(C)C)ccc2S1(=O)=O. The number of fused-ring (bicyclic) bond motifs is 1. The highest BCUT2D eigenvalue weighted by atomic mass is 32.2. The lowest BCUT2D eigenvalue weighted by atomic mass is 10.0. The summed E-state index contributed by atoms with van der Waals surface area (Å²) in [5.74, 6) is 0.942. The van der Waals surface area contributed by atoms with Gasteiger partial charge >= 0.3 is 12.2 Å². The minimum atomic E-state index is -3.99. The van der Waals surface area contributed by atoms with Gasteiger partial charge in [0.15, 0.2) is 0 Å². The number of nitrogens with one attached hydrogen (secondary N) is 1. The molecule has 1 aromatic heterocycles. The van der Waals surface area contributed by atoms with E-state index in [1.165, 1.54) is 6.07 Å². The largest absolute Gasteiger partial charge is 0.446 e. The molecule has 1 N–H and O–H groups in total. The van der Waals surface area contributed by atoms with Crippen LogP contribution in [0.5, 0.6) is 0 Å². The summed E-state index contributed by atoms with van der Waals surface area (Å²) in [5.41, 5.74) is 0.995. The molecule has 2 aliphatic heterocycles. The third-order valence-corrected chi connectivity index (χ3v) is 9.42. The van der Waals surface area contributed by atoms with E-state index >= 15 is 0 Å². The van der Waals surface area contributed by atoms with E-state index in [1.54, 1.807) is 37.8 Å². The standard InChI is InChI=1S/C29H41N5O6S/c1-28(2,3)34-25(17-23(31-34)19-9-11-22(16-19)39-26(35)32-13-7-8-14-32)30-21-10-12-24-20(15-21)18-33(41(24,37)38)27(36)40-29(4,5)6/h10,12,15,17,19,22,30H,7-9,11,13-14,16,18H2,1-6H3/t19-,22+/m0/s1. The van der Waals surface area contributed by atoms with Gasteiger partial charge in [0, 0.05) is 30.8 Å². The molecule has 2 atom stereocenters. The smallest absolute Gasteiger partial charge is 0.424 e. The molecule has 11 nitrogen and oxygen atoms in total. The Morgan fingerprint density at radius 3 is 2.37 bits per heavy atom. The number of hydrogen-bond acceptors (Lipinski definition) is 8. The molecule has 1 aromatic carbocycles. The molecule has 0 radical (unpaired) electrons. The van der Waals surface area contributed by atoms with Gasteiger partial charge in [-0.15, -0.1) is 0 Å². The van der Waals surface area contributed by atoms with Gasteiger partial charge in [-0.3, -0.25) is 0 Å². The number of ether oxygens (including phenoxy) is 2. The van der Waals surface area contributed by atoms with Crippen molar-refractivity contribution in [1.29, 1.82) is 0 Å². The molecule has 224 valence electrons. The Kier molecular flexibility index (Phi) is 7.50. The lowest BCUT2D eigenvalue weighted by molar-refractivity contribution is 0.0388. The molecule has 1 saturated carbocycles. The maximum Gasteiger partial charge on any atom is 0.424 e. The van der Waals surface area contributed by atoms with Gasteiger partial charge in [0.2, 0.25) is 0 Å². The Hall–Kier alpha value is -3.28. The Labute approximate surface area is 242 Å². The van der Waals surface area contributed by atoms with Crippen LogP contribution in [-0.4, -0.2) is 64.4 Å². The summed E-state index contributed by atoms with van der Waals surface area (Å²) >= 11 is 0. The van der Waals surface area contributed by atoms with E-state index in [4.69, 9.17) is 14.6 Å². The molecule has 0 spiro atoms. The number of sulfonamides is 1. The number of likely N-dealkylation sites (tertiary alicyclic amines) is 1. The van der Waals surface area contributed by atoms with Crippen LogP contribution < -0.4 is 5.32 Å². The molecule has 0 unspecified atom stereocenters. The predicted molar refractivity (Wildman–Crippen MR) is 154 cm³/mol. The van der Waals surface area contributed by atoms with E-state index in [2.05, 4.69) is 26.1 Å². The average molecular weight is 588 g/mol. The lowest BCUT2D eigenvalue weighted by Crippen LogP contribution is -2.36. The normalized spacial score (nSPS) is 22.1. The first kappa shape index (κ1) is 29.2. The van der Waals surface area contributed by atoms with Crippen LogP contribution in [0.3, 0.4) is 0 Å². The first-order valence-corrected chi connectivity index (χ1v) is 15.8. The minimum Gasteiger partial charge on any atom is -0.446 e. The summed E-state index contributed by atoms with van der Waals surface area (Å²) in [6, 6.07) is 6.99. The molecule has 2 aromatic rings. The van der Waals surface area contributed by atoms with Crippen molar-refractivity contribution in [1.82, 2.24) is 19.0 Å². The highest BCUT2D eigenvalue weighted by Crippen LogP contribution is 2.39. The van der Waals surface area contributed by atoms with Crippen LogP contribution in [-0.2, 0) is 31.6 Å². The van der Waals surface area contributed by atoms with Crippen molar-refractivity contribution in [2.45, 2.75) is 108 Å². The topological polar surface area (TPSA) is 123 Å². The molecule has 3 aliphatic rings. The van der Waals surface area contributed by atoms with Gasteiger partial charge < -0.3 is 19.7 Å². The summed E-state index contributed by atoms with van der Waals surface area (Å²) in [5, 5.41) is 8.38. The van der Waals surface area contributed by atoms with Crippen molar-refractivity contribution in [3.63, 3.8) is 0 Å². The van der Waals surface area contributed by atoms with Gasteiger partial charge in [-0.1, -0.05) is 0 Å². The fourth-order valence-corrected chi connectivity index (χ4v) is 7.12. The molecule has 1 aliphatic carbocycles. The van der Waals surface area contributed by atoms with Crippen LogP contribution in [0, 0.1) is 0 Å². The molecule has 3 heterocycles. The van der Waals surface area contributed by atoms with E-state index in [9.17, 15) is 18.0 Å². The predicted octanol–water partition coefficient (Wildman–Crippen LogP) is 5.69. The van der Waals surface area contributed by atoms with E-state index < -0.39 is 21.7 Å². The highest BCUT2D eigenvalue weighted by Gasteiger charge is 2.40. The monoisotopic (exact) mass is 587 g/mol. The highest BCUT2D eigenvalue weighted by molar-refractivity contribution is 7.90. The molecule has 1 saturated heterocycles. The second-order valence-electron chi connectivity index (χ2n) is 13.2. The third kappa shape index (κ3) is 6.17. The van der Waals surface area contributed by atoms with Gasteiger partial charge in [0.05, 0.1) is 22.7 Å². The number of hydrogen-bond donors (Lipinski definition) is 1. The average Bonchev–Trinajstić information content (AvgIpc) is 3.63. The Balaban J connectivity index is 1.32. The van der Waals surface area contributed by atoms with Crippen LogP contribution in [0.4, 0.5) is 21.1 Å². The molecule has 2 amide bonds. The summed E-state index contributed by atoms with van der Waals surface area (Å²) in [6.07, 6.45) is 3.28. The number of rotatable bonds is 4. The molecule has 5 rings (SSSR count). The third-order valence-electron chi connectivity index (χ3n) is 7.61. The van der Waals surface area contributed by atoms with Crippen LogP contribution in [0.1, 0.15) is 90.8 Å². The van der Waals surface area contributed by atoms with Crippen molar-refractivity contribution in [2.24, 2.45) is 0 Å². The number of benzene rings is 1. The molecular weight excluding hydrogens is 546 g/mol. The zero-order chi connectivity index (χ0) is 29.7. The summed E-state index contributed by atoms with van der Waals surface area (Å²) in [4.78, 5) is 27.0. The molecule has 41 heavy (non-hydrogen) atoms. The first-order chi connectivity index (χ1) is 19.1. The van der Waals surface area contributed by atoms with Crippen molar-refractivity contribution >= 4 is 33.7 Å². The Morgan fingerprint density at radius 1 is 1.00 bits per heavy atom. The van der Waals surface area contributed by atoms with Crippen molar-refractivity contribution < 1.29 is 27.5 Å². The fourth-order valence-electron chi connectivity index (χ4n) is 5.65. The maximum absolute atomic E-state index is 13.0. The second kappa shape index (κ2) is 10.5. The van der Waals surface area contributed by atoms with Crippen molar-refractivity contribution in [3.8, 4) is 0 Å². The zero-order valence-corrected chi connectivity index (χ0v) is 25.6. The Morgan fingerprint density at radius 2 is 1.71 bits per heavy atom. The minimum absolute atomic E-state index is 0.0918. The zero-order valence-electron chi connectivity index (χ0n) is 24.8. The van der Waals surface area contributed by atoms with Crippen LogP contribution in [0.25, 0.3) is 0 Å². The first-order valence-electron chi connectivity index (χ1n) is 14.3. The number of anilines is 2. The quantitative estimate of drug-likeness (QED) is 0.484. The number of carbonyl (C=O) groups excluding carboxylic acids is 2. The van der Waals surface area contributed by atoms with Gasteiger partial charge in [-0.05, 0) is 97.4 Å². The van der Waals surface area contributed by atoms with Gasteiger partial charge in [0.25, 0.3) is 10.0 Å². The van der Waals surface area contributed by atoms with Gasteiger partial charge in [0.1, 0.15) is 17.5 Å². The number of carbonyl (C=O) groups is 2. The van der Waals surface area contributed by atoms with Gasteiger partial charge in [-0.2, -0.15) is 9.40 Å². The van der Waals surface area contributed by atoms with E-state index in [0.29, 0.717) is 11.3 Å². The van der Waals surface area contributed by atoms with E-state index in [1.807, 2.05) is 10.7 Å². The number of amides is 2. The summed E-state index contributed by atoms with van der Waals surface area (Å²) in [7, 11) is -3.99. The van der Waals surface area contributed by atoms with Crippen LogP contribution in [0.15, 0.2) is 29.2 Å². The fraction of sp³-hybridized carbons (Fsp3) is 0.621. The van der Waals surface area contributed by atoms with Crippen molar-refractivity contribution in [3.05, 3.63) is 35.5 Å². The maximum atomic E-state index is 13.0. The molecule has 2 fully saturated rings. The Bertz CT molecular complexity index is 1430. The van der Waals surface area contributed by atoms with Crippen LogP contribution in [0.2, 0.25) is 0 Å². The van der Waals surface area contributed by atoms with Crippen LogP contribution >= 0.6 is 0 Å². The molecule has 12 heteroatoms. The molecular formula is C29H41N5O6S. The van der Waals surface area contributed by atoms with Gasteiger partial charge in [-0.25, -0.2) is 22.7 Å². The van der Waals surface area contributed by atoms with E-state index in [-0.39, 0.29) is 35.1 Å². The lowest BCUT2D eigenvalue weighted by Gasteiger charge is -2.23. The van der Waals surface area contributed by atoms with E-state index in [0.717, 1.165) is 61.0 Å². The van der Waals surface area contributed by atoms with Crippen molar-refractivity contribution in [2.75, 3.05) is 18.4 Å². The molecule has 0 bridgehead atoms. The number of nitrogens with zero attached hydrogens (tertiary/aromatic N) is 4. The summed E-state index contributed by atoms with van der Waals surface area (Å²) in [6.45, 7) is 12.7. The summed E-state index contributed by atoms with van der Waals surface area (Å²) < 4.78 is 39.9. The second-order valence-corrected chi connectivity index (χ2v) is 15.0. The number of aromatic nitrogens is 2.